The van der Waals surface area contributed by atoms with Crippen molar-refractivity contribution in [1.82, 2.24) is 0 Å². The Morgan fingerprint density at radius 2 is 0.286 bits per heavy atom. The summed E-state index contributed by atoms with van der Waals surface area (Å²) in [6.45, 7) is -0.0474. The van der Waals surface area contributed by atoms with Crippen LogP contribution in [0.4, 0.5) is 0 Å². The first-order valence-corrected chi connectivity index (χ1v) is 28.0. The molecule has 22 saturated heterocycles. The van der Waals surface area contributed by atoms with E-state index in [1.165, 1.54) is 128 Å². The molecule has 0 aromatic rings. The topological polar surface area (TPSA) is 277 Å². The highest BCUT2D eigenvalue weighted by Crippen LogP contribution is 2.42. The van der Waals surface area contributed by atoms with E-state index in [1.54, 1.807) is 0 Å². The van der Waals surface area contributed by atoms with Gasteiger partial charge in [0.2, 0.25) is 0 Å². The van der Waals surface area contributed by atoms with Gasteiger partial charge in [0.25, 0.3) is 0 Å². The highest BCUT2D eigenvalue weighted by molar-refractivity contribution is 5.03. The Balaban J connectivity index is 1.35. The molecule has 22 aliphatic heterocycles. The summed E-state index contributed by atoms with van der Waals surface area (Å²) in [6, 6.07) is 0. The minimum Gasteiger partial charge on any atom is -0.382 e. The van der Waals surface area contributed by atoms with E-state index in [9.17, 15) is 0 Å². The van der Waals surface area contributed by atoms with Crippen LogP contribution in [-0.2, 0) is 142 Å². The van der Waals surface area contributed by atoms with Crippen molar-refractivity contribution in [3.63, 3.8) is 0 Å². The van der Waals surface area contributed by atoms with Crippen LogP contribution in [0.1, 0.15) is 0 Å². The van der Waals surface area contributed by atoms with Crippen LogP contribution < -0.4 is 0 Å². The van der Waals surface area contributed by atoms with Gasteiger partial charge >= 0.3 is 0 Å². The summed E-state index contributed by atoms with van der Waals surface area (Å²) in [4.78, 5) is 0. The van der Waals surface area contributed by atoms with Crippen LogP contribution >= 0.6 is 0 Å². The van der Waals surface area contributed by atoms with Gasteiger partial charge in [0.15, 0.2) is 37.7 Å². The van der Waals surface area contributed by atoms with Gasteiger partial charge in [-0.15, -0.1) is 0 Å². The molecule has 22 fully saturated rings. The minimum absolute atomic E-state index is 0.00790. The molecule has 0 spiro atoms. The van der Waals surface area contributed by atoms with E-state index in [-0.39, 0.29) is 39.6 Å². The molecule has 22 heterocycles. The molecular formula is C54H96O30. The smallest absolute Gasteiger partial charge is 0.187 e. The fraction of sp³-hybridized carbons (Fsp3) is 1.00. The molecule has 0 saturated carbocycles. The zero-order valence-corrected chi connectivity index (χ0v) is 51.8. The van der Waals surface area contributed by atoms with Crippen molar-refractivity contribution in [3.05, 3.63) is 0 Å². The standard InChI is InChI=1S/C54H96O30/c1-55-19-25-31-37(61-7)43(67-13)49(73-25)80-32-26(20-56-2)75-51(45(69-15)38(32)62-8)82-34-28(22-58-4)77-53(47(71-17)40(34)64-10)84-36-30(24-60-6)78-54(48(72-18)42(36)66-12)83-35-29(23-59-5)76-52(46(70-16)41(35)65-11)81-33-27(21-57-3)74-50(79-31)44(68-14)39(33)63-9/h25-54H,19-24H2,1-18H3/t25-,26-,27-,28-,29-,30-,31+,32+,33+,34+,35+,36+,37-,38-,39-,40-,41-,42-,43-,44-,45-,46-,47-,48-,49-,50-,51-,52-,53-,54-/m1/s1. The summed E-state index contributed by atoms with van der Waals surface area (Å²) in [6.07, 6.45) is -29.6. The fourth-order valence-electron chi connectivity index (χ4n) is 12.7. The molecule has 22 rings (SSSR count). The second kappa shape index (κ2) is 34.3. The number of methoxy groups -OCH3 is 18. The molecule has 22 aliphatic rings. The summed E-state index contributed by atoms with van der Waals surface area (Å²) in [5.41, 5.74) is 0. The number of rotatable bonds is 24. The lowest BCUT2D eigenvalue weighted by Gasteiger charge is -2.53. The van der Waals surface area contributed by atoms with Crippen molar-refractivity contribution in [2.24, 2.45) is 0 Å². The van der Waals surface area contributed by atoms with Crippen molar-refractivity contribution in [1.29, 1.82) is 0 Å². The molecule has 0 aromatic carbocycles. The first-order chi connectivity index (χ1) is 40.9. The summed E-state index contributed by atoms with van der Waals surface area (Å²) in [5.74, 6) is 0. The maximum absolute atomic E-state index is 6.98. The molecule has 0 N–H and O–H groups in total. The molecule has 0 unspecified atom stereocenters. The fourth-order valence-corrected chi connectivity index (χ4v) is 12.7. The Kier molecular flexibility index (Phi) is 28.7. The van der Waals surface area contributed by atoms with Gasteiger partial charge in [-0.1, -0.05) is 0 Å². The first-order valence-electron chi connectivity index (χ1n) is 28.0. The predicted molar refractivity (Wildman–Crippen MR) is 282 cm³/mol. The van der Waals surface area contributed by atoms with Crippen LogP contribution in [0.3, 0.4) is 0 Å². The lowest BCUT2D eigenvalue weighted by Crippen LogP contribution is -2.70. The zero-order chi connectivity index (χ0) is 60.8. The van der Waals surface area contributed by atoms with E-state index in [0.29, 0.717) is 0 Å². The molecule has 30 heteroatoms. The van der Waals surface area contributed by atoms with Gasteiger partial charge < -0.3 is 142 Å². The molecule has 12 bridgehead atoms. The van der Waals surface area contributed by atoms with Crippen molar-refractivity contribution >= 4 is 0 Å². The largest absolute Gasteiger partial charge is 0.382 e. The van der Waals surface area contributed by atoms with Crippen molar-refractivity contribution < 1.29 is 142 Å². The zero-order valence-electron chi connectivity index (χ0n) is 51.8. The number of ether oxygens (including phenoxy) is 30. The van der Waals surface area contributed by atoms with Crippen LogP contribution in [0, 0.1) is 0 Å². The van der Waals surface area contributed by atoms with Crippen molar-refractivity contribution in [2.45, 2.75) is 184 Å². The average Bonchev–Trinajstić information content (AvgIpc) is 1.90. The predicted octanol–water partition coefficient (Wildman–Crippen LogP) is -1.28. The quantitative estimate of drug-likeness (QED) is 0.109. The lowest BCUT2D eigenvalue weighted by molar-refractivity contribution is -0.410. The highest BCUT2D eigenvalue weighted by Gasteiger charge is 2.61. The van der Waals surface area contributed by atoms with Gasteiger partial charge in [0.1, 0.15) is 146 Å². The molecule has 0 aliphatic carbocycles. The van der Waals surface area contributed by atoms with E-state index in [1.807, 2.05) is 0 Å². The monoisotopic (exact) mass is 1220 g/mol. The maximum Gasteiger partial charge on any atom is 0.187 e. The third-order valence-corrected chi connectivity index (χ3v) is 16.5. The van der Waals surface area contributed by atoms with Gasteiger partial charge in [0, 0.05) is 128 Å². The summed E-state index contributed by atoms with van der Waals surface area (Å²) in [5, 5.41) is 0. The Bertz CT molecular complexity index is 1510. The highest BCUT2D eigenvalue weighted by atomic mass is 16.8. The molecule has 30 nitrogen and oxygen atoms in total. The van der Waals surface area contributed by atoms with Gasteiger partial charge in [-0.25, -0.2) is 0 Å². The molecule has 0 radical (unpaired) electrons. The van der Waals surface area contributed by atoms with Gasteiger partial charge in [0.05, 0.1) is 39.6 Å². The minimum atomic E-state index is -1.18. The lowest BCUT2D eigenvalue weighted by atomic mass is 9.94. The summed E-state index contributed by atoms with van der Waals surface area (Å²) < 4.78 is 192. The van der Waals surface area contributed by atoms with Crippen molar-refractivity contribution in [2.75, 3.05) is 168 Å². The normalized spacial score (nSPS) is 46.1. The number of hydrogen-bond acceptors (Lipinski definition) is 30. The van der Waals surface area contributed by atoms with Gasteiger partial charge in [-0.2, -0.15) is 0 Å². The molecule has 30 atom stereocenters. The SMILES string of the molecule is COC[C@H]1O[C@@H]2O[C@@H]3[C@@H](OC)[C@@H](OC)[C@@H](O[C@@H]4[C@@H](OC)[C@@H](OC)[C@@H](O[C@@H]5[C@@H](OC)[C@@H](OC)[C@@H](O[C@@H]6[C@@H](OC)[C@@H](OC)[C@@H](O[C@@H]7[C@@H](OC)[C@@H](OC)[C@@H](O[C@@H]1[C@@H](OC)[C@H]2OC)O[C@@H]7COC)O[C@@H]6COC)O[C@@H]5COC)O[C@@H]4COC)O[C@@H]3COC. The average molecular weight is 1230 g/mol. The van der Waals surface area contributed by atoms with Crippen LogP contribution in [0.25, 0.3) is 0 Å². The Morgan fingerprint density at radius 1 is 0.167 bits per heavy atom. The third-order valence-electron chi connectivity index (χ3n) is 16.5. The molecular weight excluding hydrogens is 1130 g/mol. The van der Waals surface area contributed by atoms with Crippen LogP contribution in [0.15, 0.2) is 0 Å². The number of hydrogen-bond donors (Lipinski definition) is 0. The second-order valence-corrected chi connectivity index (χ2v) is 21.0. The molecule has 492 valence electrons. The molecule has 0 amide bonds. The van der Waals surface area contributed by atoms with Gasteiger partial charge in [-0.3, -0.25) is 0 Å². The van der Waals surface area contributed by atoms with Crippen molar-refractivity contribution in [3.8, 4) is 0 Å². The third kappa shape index (κ3) is 15.1. The van der Waals surface area contributed by atoms with E-state index in [4.69, 9.17) is 142 Å². The van der Waals surface area contributed by atoms with E-state index < -0.39 is 184 Å². The van der Waals surface area contributed by atoms with E-state index in [2.05, 4.69) is 0 Å². The Morgan fingerprint density at radius 3 is 0.381 bits per heavy atom. The second-order valence-electron chi connectivity index (χ2n) is 21.0. The summed E-state index contributed by atoms with van der Waals surface area (Å²) in [7, 11) is 27.3. The van der Waals surface area contributed by atoms with Gasteiger partial charge in [-0.05, 0) is 0 Å². The molecule has 84 heavy (non-hydrogen) atoms. The molecule has 0 aromatic heterocycles. The van der Waals surface area contributed by atoms with E-state index >= 15 is 0 Å². The van der Waals surface area contributed by atoms with E-state index in [0.717, 1.165) is 0 Å². The van der Waals surface area contributed by atoms with Crippen LogP contribution in [-0.4, -0.2) is 352 Å². The van der Waals surface area contributed by atoms with Crippen LogP contribution in [0.2, 0.25) is 0 Å². The van der Waals surface area contributed by atoms with Crippen LogP contribution in [0.5, 0.6) is 0 Å². The first kappa shape index (κ1) is 70.3. The summed E-state index contributed by atoms with van der Waals surface area (Å²) >= 11 is 0. The Labute approximate surface area is 492 Å². The maximum atomic E-state index is 6.98. The Hall–Kier alpha value is -1.20.